The van der Waals surface area contributed by atoms with Crippen molar-refractivity contribution >= 4 is 22.9 Å². The number of carbonyl (C=O) groups excluding carboxylic acids is 1. The Balaban J connectivity index is 0.865. The summed E-state index contributed by atoms with van der Waals surface area (Å²) >= 11 is 0. The first-order valence-corrected chi connectivity index (χ1v) is 20.3. The molecule has 9 rings (SSSR count). The number of H-pyrrole nitrogens is 1. The number of hydrogen-bond donors (Lipinski definition) is 5. The average molecular weight is 786 g/mol. The zero-order valence-corrected chi connectivity index (χ0v) is 32.5. The zero-order chi connectivity index (χ0) is 40.2. The molecule has 5 N–H and O–H groups in total. The van der Waals surface area contributed by atoms with Gasteiger partial charge in [-0.05, 0) is 116 Å². The van der Waals surface area contributed by atoms with Crippen LogP contribution >= 0.6 is 0 Å². The van der Waals surface area contributed by atoms with E-state index in [1.165, 1.54) is 12.1 Å². The van der Waals surface area contributed by atoms with Gasteiger partial charge >= 0.3 is 6.09 Å². The lowest BCUT2D eigenvalue weighted by Crippen LogP contribution is -2.59. The van der Waals surface area contributed by atoms with Crippen LogP contribution in [-0.2, 0) is 6.61 Å². The maximum Gasteiger partial charge on any atom is 0.408 e. The van der Waals surface area contributed by atoms with E-state index in [2.05, 4.69) is 15.2 Å². The summed E-state index contributed by atoms with van der Waals surface area (Å²) in [5.41, 5.74) is 3.85. The number of fused-ring (bicyclic) bond motifs is 4. The molecular formula is C46H51N5O7. The number of carboxylic acid groups (broad SMARTS) is 1. The van der Waals surface area contributed by atoms with Gasteiger partial charge in [-0.2, -0.15) is 0 Å². The number of aromatic hydroxyl groups is 1. The Kier molecular flexibility index (Phi) is 11.8. The maximum atomic E-state index is 13.6. The van der Waals surface area contributed by atoms with Crippen LogP contribution in [0.2, 0.25) is 0 Å². The molecule has 12 nitrogen and oxygen atoms in total. The first-order valence-electron chi connectivity index (χ1n) is 20.3. The monoisotopic (exact) mass is 785 g/mol. The number of nitrogens with one attached hydrogen (secondary N) is 2. The number of aliphatic hydroxyl groups excluding tert-OH is 1. The fourth-order valence-corrected chi connectivity index (χ4v) is 9.18. The highest BCUT2D eigenvalue weighted by Gasteiger charge is 2.43. The molecule has 5 aromatic rings. The second-order valence-corrected chi connectivity index (χ2v) is 16.0. The van der Waals surface area contributed by atoms with Crippen molar-refractivity contribution in [2.45, 2.75) is 50.5 Å². The minimum Gasteiger partial charge on any atom is -0.506 e. The molecule has 4 saturated heterocycles. The molecule has 2 bridgehead atoms. The van der Waals surface area contributed by atoms with Crippen molar-refractivity contribution in [3.63, 3.8) is 0 Å². The topological polar surface area (TPSA) is 159 Å². The Bertz CT molecular complexity index is 2280. The van der Waals surface area contributed by atoms with Gasteiger partial charge in [0.25, 0.3) is 5.91 Å². The average Bonchev–Trinajstić information content (AvgIpc) is 3.25. The number of phenolic OH excluding ortho intramolecular Hbond substituents is 1. The second-order valence-electron chi connectivity index (χ2n) is 16.0. The predicted molar refractivity (Wildman–Crippen MR) is 221 cm³/mol. The Morgan fingerprint density at radius 3 is 2.36 bits per heavy atom. The van der Waals surface area contributed by atoms with Gasteiger partial charge in [0.15, 0.2) is 0 Å². The summed E-state index contributed by atoms with van der Waals surface area (Å²) in [4.78, 5) is 47.0. The van der Waals surface area contributed by atoms with Crippen LogP contribution in [0.3, 0.4) is 0 Å². The number of hydrogen-bond acceptors (Lipinski definition) is 8. The first-order chi connectivity index (χ1) is 28.2. The third-order valence-corrected chi connectivity index (χ3v) is 12.3. The van der Waals surface area contributed by atoms with Gasteiger partial charge in [-0.1, -0.05) is 60.7 Å². The largest absolute Gasteiger partial charge is 0.506 e. The van der Waals surface area contributed by atoms with Gasteiger partial charge in [-0.25, -0.2) is 4.79 Å². The first kappa shape index (κ1) is 39.2. The van der Waals surface area contributed by atoms with Gasteiger partial charge in [0.1, 0.15) is 18.1 Å². The molecule has 5 heterocycles. The maximum absolute atomic E-state index is 13.6. The molecule has 12 heteroatoms. The van der Waals surface area contributed by atoms with E-state index in [4.69, 9.17) is 4.74 Å². The number of pyridine rings is 1. The number of nitrogens with zero attached hydrogens (tertiary/aromatic N) is 3. The summed E-state index contributed by atoms with van der Waals surface area (Å²) in [6.07, 6.45) is 1.94. The van der Waals surface area contributed by atoms with Crippen LogP contribution in [-0.4, -0.2) is 98.9 Å². The summed E-state index contributed by atoms with van der Waals surface area (Å²) in [6.45, 7) is 5.32. The van der Waals surface area contributed by atoms with Crippen LogP contribution in [0.4, 0.5) is 4.79 Å². The molecule has 0 aliphatic carbocycles. The molecule has 4 aromatic carbocycles. The minimum absolute atomic E-state index is 0.0184. The van der Waals surface area contributed by atoms with Gasteiger partial charge in [-0.15, -0.1) is 0 Å². The fraction of sp³-hybridized carbons (Fsp3) is 0.370. The van der Waals surface area contributed by atoms with Crippen molar-refractivity contribution in [1.82, 2.24) is 25.0 Å². The lowest BCUT2D eigenvalue weighted by Gasteiger charge is -2.50. The van der Waals surface area contributed by atoms with Crippen LogP contribution in [0.25, 0.3) is 10.9 Å². The number of aromatic nitrogens is 1. The van der Waals surface area contributed by atoms with Gasteiger partial charge in [-0.3, -0.25) is 14.5 Å². The summed E-state index contributed by atoms with van der Waals surface area (Å²) in [6, 6.07) is 30.7. The molecule has 0 radical (unpaired) electrons. The number of ether oxygens (including phenoxy) is 1. The number of phenols is 1. The molecule has 58 heavy (non-hydrogen) atoms. The molecule has 0 spiro atoms. The predicted octanol–water partition coefficient (Wildman–Crippen LogP) is 6.15. The van der Waals surface area contributed by atoms with E-state index >= 15 is 0 Å². The molecule has 4 aliphatic heterocycles. The SMILES string of the molecule is O=C(c1cccc(COc2cccc(C(c3ccccc3)N(C(=O)O)[C@H]3CN4CCC3CC4)c2)c1)N1CCC(CNC[C@@H](O)c2ccc(O)c3[nH]c(=O)ccc23)CC1. The molecule has 3 atom stereocenters. The van der Waals surface area contributed by atoms with E-state index in [0.29, 0.717) is 65.8 Å². The molecule has 4 fully saturated rings. The van der Waals surface area contributed by atoms with E-state index < -0.39 is 18.2 Å². The molecule has 302 valence electrons. The Labute approximate surface area is 337 Å². The third kappa shape index (κ3) is 8.59. The number of benzene rings is 4. The number of likely N-dealkylation sites (tertiary alicyclic amines) is 1. The van der Waals surface area contributed by atoms with E-state index in [0.717, 1.165) is 62.0 Å². The van der Waals surface area contributed by atoms with E-state index in [9.17, 15) is 29.7 Å². The van der Waals surface area contributed by atoms with E-state index in [-0.39, 0.29) is 29.9 Å². The number of amides is 2. The molecule has 1 aromatic heterocycles. The van der Waals surface area contributed by atoms with Crippen LogP contribution in [0.5, 0.6) is 11.5 Å². The van der Waals surface area contributed by atoms with Gasteiger partial charge in [0.05, 0.1) is 23.7 Å². The molecule has 4 aliphatic rings. The summed E-state index contributed by atoms with van der Waals surface area (Å²) in [7, 11) is 0. The van der Waals surface area contributed by atoms with Crippen LogP contribution in [0.15, 0.2) is 108 Å². The summed E-state index contributed by atoms with van der Waals surface area (Å²) < 4.78 is 6.31. The molecule has 0 saturated carbocycles. The van der Waals surface area contributed by atoms with Crippen molar-refractivity contribution in [1.29, 1.82) is 0 Å². The zero-order valence-electron chi connectivity index (χ0n) is 32.5. The summed E-state index contributed by atoms with van der Waals surface area (Å²) in [5.74, 6) is 1.25. The lowest BCUT2D eigenvalue weighted by molar-refractivity contribution is -0.000814. The van der Waals surface area contributed by atoms with Crippen LogP contribution in [0.1, 0.15) is 70.4 Å². The minimum atomic E-state index is -0.918. The van der Waals surface area contributed by atoms with E-state index in [1.807, 2.05) is 83.8 Å². The number of aromatic amines is 1. The third-order valence-electron chi connectivity index (χ3n) is 12.3. The van der Waals surface area contributed by atoms with Crippen LogP contribution < -0.4 is 15.6 Å². The molecular weight excluding hydrogens is 735 g/mol. The Morgan fingerprint density at radius 1 is 0.862 bits per heavy atom. The highest BCUT2D eigenvalue weighted by atomic mass is 16.5. The Morgan fingerprint density at radius 2 is 1.62 bits per heavy atom. The van der Waals surface area contributed by atoms with Gasteiger partial charge in [0.2, 0.25) is 5.56 Å². The Hall–Kier alpha value is -5.69. The van der Waals surface area contributed by atoms with Crippen molar-refractivity contribution in [2.75, 3.05) is 45.8 Å². The van der Waals surface area contributed by atoms with Crippen molar-refractivity contribution in [3.8, 4) is 11.5 Å². The normalized spacial score (nSPS) is 20.4. The fourth-order valence-electron chi connectivity index (χ4n) is 9.18. The smallest absolute Gasteiger partial charge is 0.408 e. The van der Waals surface area contributed by atoms with E-state index in [1.54, 1.807) is 17.0 Å². The van der Waals surface area contributed by atoms with Gasteiger partial charge in [0, 0.05) is 43.2 Å². The van der Waals surface area contributed by atoms with Gasteiger partial charge < -0.3 is 40.2 Å². The summed E-state index contributed by atoms with van der Waals surface area (Å²) in [5, 5.41) is 35.8. The second kappa shape index (κ2) is 17.4. The van der Waals surface area contributed by atoms with Crippen molar-refractivity contribution < 1.29 is 29.6 Å². The molecule has 1 unspecified atom stereocenters. The standard InChI is InChI=1S/C46H51N5O7/c52-40-14-12-37(38-13-15-42(54)48-43(38)40)41(53)27-47-26-30-16-22-50(23-17-30)45(55)35-10-4-6-31(24-35)29-58-36-11-5-9-34(25-36)44(33-7-2-1-3-8-33)51(46(56)57)39-28-49-20-18-32(39)19-21-49/h1-15,24-25,30,32,39,41,44,47,52-53H,16-23,26-29H2,(H,48,54)(H,56,57)/t39-,41+,44?/m0/s1. The number of rotatable bonds is 13. The van der Waals surface area contributed by atoms with Crippen molar-refractivity contribution in [3.05, 3.63) is 141 Å². The number of piperidine rings is 4. The highest BCUT2D eigenvalue weighted by Crippen LogP contribution is 2.39. The van der Waals surface area contributed by atoms with Crippen molar-refractivity contribution in [2.24, 2.45) is 11.8 Å². The lowest BCUT2D eigenvalue weighted by atomic mass is 9.81. The molecule has 2 amide bonds. The number of aliphatic hydroxyl groups is 1. The number of carbonyl (C=O) groups is 2. The quantitative estimate of drug-likeness (QED) is 0.0945. The highest BCUT2D eigenvalue weighted by molar-refractivity contribution is 5.94. The van der Waals surface area contributed by atoms with Crippen LogP contribution in [0, 0.1) is 11.8 Å².